The molecule has 0 aliphatic carbocycles. The number of amides is 2. The number of aromatic nitrogens is 1. The minimum Gasteiger partial charge on any atom is -0.503 e. The van der Waals surface area contributed by atoms with Gasteiger partial charge in [0.05, 0.1) is 10.0 Å². The maximum atomic E-state index is 12.5. The normalized spacial score (nSPS) is 10.7. The van der Waals surface area contributed by atoms with E-state index in [1.165, 1.54) is 15.7 Å². The smallest absolute Gasteiger partial charge is 0.259 e. The van der Waals surface area contributed by atoms with Gasteiger partial charge in [-0.1, -0.05) is 29.3 Å². The van der Waals surface area contributed by atoms with Gasteiger partial charge in [0.1, 0.15) is 5.56 Å². The number of benzene rings is 1. The molecule has 0 bridgehead atoms. The zero-order chi connectivity index (χ0) is 18.7. The molecule has 4 N–H and O–H groups in total. The highest BCUT2D eigenvalue weighted by Gasteiger charge is 2.23. The zero-order valence-corrected chi connectivity index (χ0v) is 14.9. The molecule has 25 heavy (non-hydrogen) atoms. The van der Waals surface area contributed by atoms with Gasteiger partial charge < -0.3 is 25.4 Å². The Bertz CT molecular complexity index is 820. The fraction of sp³-hybridized carbons (Fsp3) is 0.250. The molecule has 0 aliphatic heterocycles. The number of nitrogens with two attached hydrogens (primary N) is 1. The van der Waals surface area contributed by atoms with Crippen molar-refractivity contribution < 1.29 is 19.8 Å². The van der Waals surface area contributed by atoms with Crippen LogP contribution >= 0.6 is 23.2 Å². The zero-order valence-electron chi connectivity index (χ0n) is 13.4. The summed E-state index contributed by atoms with van der Waals surface area (Å²) in [6.07, 6.45) is 1.25. The summed E-state index contributed by atoms with van der Waals surface area (Å²) < 4.78 is 1.19. The largest absolute Gasteiger partial charge is 0.503 e. The first-order valence-electron chi connectivity index (χ1n) is 7.29. The predicted molar refractivity (Wildman–Crippen MR) is 93.8 cm³/mol. The third-order valence-corrected chi connectivity index (χ3v) is 4.34. The van der Waals surface area contributed by atoms with Gasteiger partial charge in [-0.2, -0.15) is 0 Å². The van der Waals surface area contributed by atoms with E-state index in [2.05, 4.69) is 0 Å². The van der Waals surface area contributed by atoms with Gasteiger partial charge in [0.2, 0.25) is 11.8 Å². The number of nitrogens with zero attached hydrogens (tertiary/aromatic N) is 2. The highest BCUT2D eigenvalue weighted by atomic mass is 35.5. The van der Waals surface area contributed by atoms with Crippen molar-refractivity contribution in [3.63, 3.8) is 0 Å². The SMILES string of the molecule is CN(Cc1ccc(Cl)c(Cl)c1)C(=O)c1cn(CCC(N)=O)c(O)c1O. The van der Waals surface area contributed by atoms with E-state index < -0.39 is 23.4 Å². The van der Waals surface area contributed by atoms with Crippen LogP contribution in [-0.2, 0) is 17.9 Å². The Labute approximate surface area is 154 Å². The average Bonchev–Trinajstić information content (AvgIpc) is 2.83. The number of aromatic hydroxyl groups is 2. The highest BCUT2D eigenvalue weighted by molar-refractivity contribution is 6.42. The van der Waals surface area contributed by atoms with E-state index in [0.717, 1.165) is 5.56 Å². The number of primary amides is 1. The van der Waals surface area contributed by atoms with Crippen molar-refractivity contribution in [2.75, 3.05) is 7.05 Å². The minimum atomic E-state index is -0.558. The van der Waals surface area contributed by atoms with Crippen LogP contribution in [0.2, 0.25) is 10.0 Å². The van der Waals surface area contributed by atoms with Gasteiger partial charge in [0, 0.05) is 32.8 Å². The van der Waals surface area contributed by atoms with Gasteiger partial charge in [0.15, 0.2) is 5.75 Å². The molecule has 2 rings (SSSR count). The fourth-order valence-corrected chi connectivity index (χ4v) is 2.60. The second kappa shape index (κ2) is 7.67. The molecule has 0 unspecified atom stereocenters. The lowest BCUT2D eigenvalue weighted by molar-refractivity contribution is -0.118. The maximum Gasteiger partial charge on any atom is 0.259 e. The Hall–Kier alpha value is -2.38. The van der Waals surface area contributed by atoms with E-state index in [1.807, 2.05) is 0 Å². The Balaban J connectivity index is 2.17. The first-order chi connectivity index (χ1) is 11.7. The van der Waals surface area contributed by atoms with Crippen molar-refractivity contribution in [2.24, 2.45) is 5.73 Å². The Morgan fingerprint density at radius 3 is 2.52 bits per heavy atom. The van der Waals surface area contributed by atoms with Crippen molar-refractivity contribution in [1.82, 2.24) is 9.47 Å². The Kier molecular flexibility index (Phi) is 5.81. The van der Waals surface area contributed by atoms with Gasteiger partial charge in [-0.25, -0.2) is 0 Å². The third kappa shape index (κ3) is 4.37. The number of carbonyl (C=O) groups excluding carboxylic acids is 2. The van der Waals surface area contributed by atoms with Crippen molar-refractivity contribution in [2.45, 2.75) is 19.5 Å². The minimum absolute atomic E-state index is 0.0333. The van der Waals surface area contributed by atoms with E-state index in [4.69, 9.17) is 28.9 Å². The number of hydrogen-bond acceptors (Lipinski definition) is 4. The Morgan fingerprint density at radius 1 is 1.24 bits per heavy atom. The van der Waals surface area contributed by atoms with E-state index in [-0.39, 0.29) is 25.1 Å². The molecule has 1 heterocycles. The molecule has 0 fully saturated rings. The highest BCUT2D eigenvalue weighted by Crippen LogP contribution is 2.32. The summed E-state index contributed by atoms with van der Waals surface area (Å²) in [6, 6.07) is 5.00. The number of rotatable bonds is 6. The lowest BCUT2D eigenvalue weighted by Crippen LogP contribution is -2.26. The van der Waals surface area contributed by atoms with Crippen LogP contribution in [0.25, 0.3) is 0 Å². The van der Waals surface area contributed by atoms with Crippen molar-refractivity contribution in [3.8, 4) is 11.6 Å². The topological polar surface area (TPSA) is 109 Å². The standard InChI is InChI=1S/C16H17Cl2N3O4/c1-20(7-9-2-3-11(17)12(18)6-9)15(24)10-8-21(5-4-13(19)22)16(25)14(10)23/h2-3,6,8,23,25H,4-5,7H2,1H3,(H2,19,22). The van der Waals surface area contributed by atoms with Crippen LogP contribution in [0.15, 0.2) is 24.4 Å². The van der Waals surface area contributed by atoms with E-state index in [0.29, 0.717) is 10.0 Å². The molecule has 134 valence electrons. The second-order valence-electron chi connectivity index (χ2n) is 5.53. The molecule has 9 heteroatoms. The molecule has 0 spiro atoms. The lowest BCUT2D eigenvalue weighted by Gasteiger charge is -2.17. The molecule has 0 radical (unpaired) electrons. The molecule has 2 aromatic rings. The van der Waals surface area contributed by atoms with Crippen LogP contribution in [-0.4, -0.2) is 38.5 Å². The monoisotopic (exact) mass is 385 g/mol. The molecular formula is C16H17Cl2N3O4. The van der Waals surface area contributed by atoms with Crippen LogP contribution < -0.4 is 5.73 Å². The van der Waals surface area contributed by atoms with Crippen LogP contribution in [0.3, 0.4) is 0 Å². The van der Waals surface area contributed by atoms with Crippen molar-refractivity contribution in [3.05, 3.63) is 45.6 Å². The molecule has 1 aromatic heterocycles. The summed E-state index contributed by atoms with van der Waals surface area (Å²) in [5, 5.41) is 20.6. The number of halogens is 2. The summed E-state index contributed by atoms with van der Waals surface area (Å²) >= 11 is 11.8. The molecule has 2 amide bonds. The summed E-state index contributed by atoms with van der Waals surface area (Å²) in [4.78, 5) is 24.7. The average molecular weight is 386 g/mol. The second-order valence-corrected chi connectivity index (χ2v) is 6.35. The predicted octanol–water partition coefficient (Wildman–Crippen LogP) is 2.35. The summed E-state index contributed by atoms with van der Waals surface area (Å²) in [5.41, 5.74) is 5.73. The lowest BCUT2D eigenvalue weighted by atomic mass is 10.2. The van der Waals surface area contributed by atoms with Crippen LogP contribution in [0.5, 0.6) is 11.6 Å². The van der Waals surface area contributed by atoms with E-state index >= 15 is 0 Å². The van der Waals surface area contributed by atoms with Crippen molar-refractivity contribution >= 4 is 35.0 Å². The van der Waals surface area contributed by atoms with Crippen LogP contribution in [0, 0.1) is 0 Å². The van der Waals surface area contributed by atoms with E-state index in [1.54, 1.807) is 25.2 Å². The number of aryl methyl sites for hydroxylation is 1. The summed E-state index contributed by atoms with van der Waals surface area (Å²) in [6.45, 7) is 0.279. The molecule has 7 nitrogen and oxygen atoms in total. The first kappa shape index (κ1) is 19.0. The van der Waals surface area contributed by atoms with Gasteiger partial charge in [-0.05, 0) is 17.7 Å². The van der Waals surface area contributed by atoms with Crippen molar-refractivity contribution in [1.29, 1.82) is 0 Å². The Morgan fingerprint density at radius 2 is 1.92 bits per heavy atom. The maximum absolute atomic E-state index is 12.5. The summed E-state index contributed by atoms with van der Waals surface area (Å²) in [7, 11) is 1.54. The quantitative estimate of drug-likeness (QED) is 0.708. The van der Waals surface area contributed by atoms with Gasteiger partial charge >= 0.3 is 0 Å². The van der Waals surface area contributed by atoms with Crippen LogP contribution in [0.4, 0.5) is 0 Å². The molecule has 0 saturated carbocycles. The van der Waals surface area contributed by atoms with Gasteiger partial charge in [0.25, 0.3) is 5.91 Å². The molecule has 1 aromatic carbocycles. The summed E-state index contributed by atoms with van der Waals surface area (Å²) in [5.74, 6) is -2.10. The first-order valence-corrected chi connectivity index (χ1v) is 8.05. The third-order valence-electron chi connectivity index (χ3n) is 3.60. The molecule has 0 aliphatic rings. The van der Waals surface area contributed by atoms with Gasteiger partial charge in [-0.15, -0.1) is 0 Å². The van der Waals surface area contributed by atoms with Crippen LogP contribution in [0.1, 0.15) is 22.3 Å². The van der Waals surface area contributed by atoms with Gasteiger partial charge in [-0.3, -0.25) is 9.59 Å². The molecule has 0 atom stereocenters. The number of carbonyl (C=O) groups is 2. The molecule has 0 saturated heterocycles. The fourth-order valence-electron chi connectivity index (χ4n) is 2.28. The van der Waals surface area contributed by atoms with E-state index in [9.17, 15) is 19.8 Å². The number of hydrogen-bond donors (Lipinski definition) is 3. The molecular weight excluding hydrogens is 369 g/mol.